The van der Waals surface area contributed by atoms with Gasteiger partial charge in [0.05, 0.1) is 0 Å². The topological polar surface area (TPSA) is 18.5 Å². The highest BCUT2D eigenvalue weighted by Gasteiger charge is 2.31. The summed E-state index contributed by atoms with van der Waals surface area (Å²) in [6, 6.07) is 0.808. The Hall–Kier alpha value is 0.170. The maximum absolute atomic E-state index is 3.49. The molecule has 0 bridgehead atoms. The molecule has 2 saturated heterocycles. The smallest absolute Gasteiger partial charge is 0.0223 e. The Morgan fingerprint density at radius 1 is 1.44 bits per heavy atom. The first kappa shape index (κ1) is 16.2. The highest BCUT2D eigenvalue weighted by Crippen LogP contribution is 2.26. The van der Waals surface area contributed by atoms with Gasteiger partial charge >= 0.3 is 0 Å². The molecule has 1 N–H and O–H groups in total. The molecule has 0 radical (unpaired) electrons. The van der Waals surface area contributed by atoms with Crippen molar-refractivity contribution < 1.29 is 0 Å². The summed E-state index contributed by atoms with van der Waals surface area (Å²) < 4.78 is 0. The van der Waals surface area contributed by atoms with Crippen LogP contribution in [0.15, 0.2) is 0 Å². The fourth-order valence-electron chi connectivity index (χ4n) is 3.60. The minimum absolute atomic E-state index is 0. The lowest BCUT2D eigenvalue weighted by molar-refractivity contribution is 0.156. The molecule has 3 nitrogen and oxygen atoms in total. The fraction of sp³-hybridized carbons (Fsp3) is 1.00. The Morgan fingerprint density at radius 3 is 2.83 bits per heavy atom. The molecular formula is C14H30ClN3. The van der Waals surface area contributed by atoms with Gasteiger partial charge in [-0.1, -0.05) is 13.8 Å². The number of likely N-dealkylation sites (tertiary alicyclic amines) is 1. The number of hydrogen-bond donors (Lipinski definition) is 1. The lowest BCUT2D eigenvalue weighted by Crippen LogP contribution is -2.43. The van der Waals surface area contributed by atoms with Crippen LogP contribution in [-0.4, -0.2) is 62.2 Å². The van der Waals surface area contributed by atoms with Gasteiger partial charge in [-0.2, -0.15) is 0 Å². The van der Waals surface area contributed by atoms with Crippen molar-refractivity contribution in [1.29, 1.82) is 0 Å². The van der Waals surface area contributed by atoms with E-state index in [9.17, 15) is 0 Å². The quantitative estimate of drug-likeness (QED) is 0.826. The van der Waals surface area contributed by atoms with Crippen molar-refractivity contribution in [2.75, 3.05) is 46.3 Å². The van der Waals surface area contributed by atoms with Crippen LogP contribution in [0.25, 0.3) is 0 Å². The molecule has 0 amide bonds. The number of rotatable bonds is 5. The van der Waals surface area contributed by atoms with Gasteiger partial charge in [-0.15, -0.1) is 12.4 Å². The summed E-state index contributed by atoms with van der Waals surface area (Å²) in [5, 5.41) is 3.49. The Labute approximate surface area is 119 Å². The van der Waals surface area contributed by atoms with Crippen molar-refractivity contribution in [2.45, 2.75) is 39.2 Å². The average Bonchev–Trinajstić information content (AvgIpc) is 2.87. The Balaban J connectivity index is 0.00000162. The van der Waals surface area contributed by atoms with Crippen molar-refractivity contribution in [2.24, 2.45) is 5.41 Å². The maximum Gasteiger partial charge on any atom is 0.0223 e. The van der Waals surface area contributed by atoms with Gasteiger partial charge in [0.15, 0.2) is 0 Å². The van der Waals surface area contributed by atoms with Gasteiger partial charge in [-0.25, -0.2) is 0 Å². The molecule has 0 saturated carbocycles. The first-order valence-corrected chi connectivity index (χ1v) is 7.26. The molecule has 0 aromatic rings. The van der Waals surface area contributed by atoms with Gasteiger partial charge < -0.3 is 10.2 Å². The number of hydrogen-bond acceptors (Lipinski definition) is 3. The van der Waals surface area contributed by atoms with Crippen molar-refractivity contribution in [3.05, 3.63) is 0 Å². The van der Waals surface area contributed by atoms with E-state index in [1.807, 2.05) is 0 Å². The molecule has 4 heteroatoms. The van der Waals surface area contributed by atoms with Crippen LogP contribution >= 0.6 is 12.4 Å². The highest BCUT2D eigenvalue weighted by molar-refractivity contribution is 5.85. The summed E-state index contributed by atoms with van der Waals surface area (Å²) in [5.74, 6) is 0. The molecule has 108 valence electrons. The number of halogens is 1. The summed E-state index contributed by atoms with van der Waals surface area (Å²) in [6.45, 7) is 12.1. The van der Waals surface area contributed by atoms with E-state index in [0.29, 0.717) is 5.41 Å². The molecule has 2 rings (SSSR count). The molecule has 18 heavy (non-hydrogen) atoms. The van der Waals surface area contributed by atoms with E-state index in [2.05, 4.69) is 36.0 Å². The molecule has 2 atom stereocenters. The highest BCUT2D eigenvalue weighted by atomic mass is 35.5. The summed E-state index contributed by atoms with van der Waals surface area (Å²) in [4.78, 5) is 5.21. The van der Waals surface area contributed by atoms with Crippen molar-refractivity contribution in [3.63, 3.8) is 0 Å². The normalized spacial score (nSPS) is 33.0. The second-order valence-electron chi connectivity index (χ2n) is 6.36. The number of nitrogens with zero attached hydrogens (tertiary/aromatic N) is 2. The molecule has 2 aliphatic rings. The van der Waals surface area contributed by atoms with Crippen LogP contribution in [-0.2, 0) is 0 Å². The number of nitrogens with one attached hydrogen (secondary N) is 1. The zero-order valence-electron chi connectivity index (χ0n) is 12.2. The monoisotopic (exact) mass is 275 g/mol. The van der Waals surface area contributed by atoms with Crippen LogP contribution in [0, 0.1) is 5.41 Å². The van der Waals surface area contributed by atoms with E-state index >= 15 is 0 Å². The molecule has 2 unspecified atom stereocenters. The van der Waals surface area contributed by atoms with E-state index < -0.39 is 0 Å². The summed E-state index contributed by atoms with van der Waals surface area (Å²) in [6.07, 6.45) is 4.12. The van der Waals surface area contributed by atoms with E-state index in [4.69, 9.17) is 0 Å². The molecule has 2 heterocycles. The third-order valence-electron chi connectivity index (χ3n) is 4.54. The summed E-state index contributed by atoms with van der Waals surface area (Å²) in [5.41, 5.74) is 0.504. The molecule has 0 aliphatic carbocycles. The van der Waals surface area contributed by atoms with Crippen LogP contribution < -0.4 is 5.32 Å². The third kappa shape index (κ3) is 4.09. The van der Waals surface area contributed by atoms with Gasteiger partial charge in [0.1, 0.15) is 0 Å². The van der Waals surface area contributed by atoms with Crippen LogP contribution in [0.3, 0.4) is 0 Å². The molecular weight excluding hydrogens is 246 g/mol. The average molecular weight is 276 g/mol. The second kappa shape index (κ2) is 7.09. The largest absolute Gasteiger partial charge is 0.316 e. The zero-order valence-corrected chi connectivity index (χ0v) is 13.1. The predicted molar refractivity (Wildman–Crippen MR) is 80.6 cm³/mol. The van der Waals surface area contributed by atoms with Gasteiger partial charge in [-0.3, -0.25) is 4.90 Å². The van der Waals surface area contributed by atoms with Gasteiger partial charge in [0.25, 0.3) is 0 Å². The lowest BCUT2D eigenvalue weighted by atomic mass is 9.89. The zero-order chi connectivity index (χ0) is 12.3. The lowest BCUT2D eigenvalue weighted by Gasteiger charge is -2.33. The molecule has 2 fully saturated rings. The third-order valence-corrected chi connectivity index (χ3v) is 4.54. The van der Waals surface area contributed by atoms with Crippen LogP contribution in [0.4, 0.5) is 0 Å². The van der Waals surface area contributed by atoms with Crippen molar-refractivity contribution in [3.8, 4) is 0 Å². The first-order chi connectivity index (χ1) is 8.13. The molecule has 2 aliphatic heterocycles. The predicted octanol–water partition coefficient (Wildman–Crippen LogP) is 1.82. The standard InChI is InChI=1S/C14H29N3.ClH/c1-4-17-9-5-6-13(17)10-16(3)12-14(2)7-8-15-11-14;/h13,15H,4-12H2,1-3H3;1H. The SMILES string of the molecule is CCN1CCCC1CN(C)CC1(C)CCNC1.Cl. The van der Waals surface area contributed by atoms with E-state index in [1.165, 1.54) is 58.5 Å². The van der Waals surface area contributed by atoms with Gasteiger partial charge in [0, 0.05) is 25.7 Å². The molecule has 0 spiro atoms. The molecule has 0 aromatic heterocycles. The molecule has 0 aromatic carbocycles. The van der Waals surface area contributed by atoms with Gasteiger partial charge in [-0.05, 0) is 51.4 Å². The minimum atomic E-state index is 0. The Bertz CT molecular complexity index is 241. The van der Waals surface area contributed by atoms with Crippen LogP contribution in [0.2, 0.25) is 0 Å². The second-order valence-corrected chi connectivity index (χ2v) is 6.36. The van der Waals surface area contributed by atoms with Gasteiger partial charge in [0.2, 0.25) is 0 Å². The van der Waals surface area contributed by atoms with Crippen LogP contribution in [0.1, 0.15) is 33.1 Å². The Morgan fingerprint density at radius 2 is 2.22 bits per heavy atom. The summed E-state index contributed by atoms with van der Waals surface area (Å²) in [7, 11) is 2.30. The number of likely N-dealkylation sites (N-methyl/N-ethyl adjacent to an activating group) is 2. The van der Waals surface area contributed by atoms with Crippen molar-refractivity contribution >= 4 is 12.4 Å². The van der Waals surface area contributed by atoms with E-state index in [1.54, 1.807) is 0 Å². The first-order valence-electron chi connectivity index (χ1n) is 7.26. The van der Waals surface area contributed by atoms with Crippen LogP contribution in [0.5, 0.6) is 0 Å². The minimum Gasteiger partial charge on any atom is -0.316 e. The summed E-state index contributed by atoms with van der Waals surface area (Å²) >= 11 is 0. The van der Waals surface area contributed by atoms with E-state index in [-0.39, 0.29) is 12.4 Å². The maximum atomic E-state index is 3.49. The van der Waals surface area contributed by atoms with Crippen molar-refractivity contribution in [1.82, 2.24) is 15.1 Å². The fourth-order valence-corrected chi connectivity index (χ4v) is 3.60. The Kier molecular flexibility index (Phi) is 6.39. The van der Waals surface area contributed by atoms with E-state index in [0.717, 1.165) is 6.04 Å².